The van der Waals surface area contributed by atoms with Crippen LogP contribution in [0.3, 0.4) is 0 Å². The first kappa shape index (κ1) is 39.2. The fraction of sp³-hybridized carbons (Fsp3) is 0.435. The second-order valence-corrected chi connectivity index (χ2v) is 15.6. The number of ether oxygens (including phenoxy) is 5. The monoisotopic (exact) mass is 735 g/mol. The first-order chi connectivity index (χ1) is 25.9. The average molecular weight is 736 g/mol. The number of rotatable bonds is 13. The van der Waals surface area contributed by atoms with Crippen molar-refractivity contribution < 1.29 is 32.9 Å². The third-order valence-electron chi connectivity index (χ3n) is 9.75. The van der Waals surface area contributed by atoms with E-state index in [1.54, 1.807) is 12.1 Å². The van der Waals surface area contributed by atoms with E-state index in [1.807, 2.05) is 59.7 Å². The molecule has 6 rings (SSSR count). The van der Waals surface area contributed by atoms with Gasteiger partial charge in [0, 0.05) is 36.5 Å². The fourth-order valence-electron chi connectivity index (χ4n) is 7.17. The normalized spacial score (nSPS) is 15.6. The third-order valence-corrected chi connectivity index (χ3v) is 9.75. The molecule has 0 N–H and O–H groups in total. The summed E-state index contributed by atoms with van der Waals surface area (Å²) in [5.41, 5.74) is 7.32. The van der Waals surface area contributed by atoms with E-state index in [9.17, 15) is 9.18 Å². The molecule has 0 unspecified atom stereocenters. The van der Waals surface area contributed by atoms with E-state index in [0.29, 0.717) is 36.8 Å². The molecule has 3 heterocycles. The highest BCUT2D eigenvalue weighted by Gasteiger charge is 2.35. The van der Waals surface area contributed by atoms with Crippen LogP contribution in [0.4, 0.5) is 4.39 Å². The lowest BCUT2D eigenvalue weighted by atomic mass is 9.85. The maximum atomic E-state index is 14.1. The van der Waals surface area contributed by atoms with Crippen molar-refractivity contribution >= 4 is 12.0 Å². The van der Waals surface area contributed by atoms with E-state index >= 15 is 0 Å². The maximum Gasteiger partial charge on any atom is 0.340 e. The topological polar surface area (TPSA) is 76.1 Å². The van der Waals surface area contributed by atoms with Gasteiger partial charge in [0.25, 0.3) is 0 Å². The second kappa shape index (κ2) is 17.7. The van der Waals surface area contributed by atoms with Gasteiger partial charge in [0.1, 0.15) is 17.3 Å². The molecule has 0 spiro atoms. The van der Waals surface area contributed by atoms with E-state index in [4.69, 9.17) is 28.7 Å². The minimum absolute atomic E-state index is 0.252. The van der Waals surface area contributed by atoms with Crippen LogP contribution >= 0.6 is 0 Å². The van der Waals surface area contributed by atoms with Gasteiger partial charge in [-0.05, 0) is 150 Å². The van der Waals surface area contributed by atoms with Crippen molar-refractivity contribution in [3.8, 4) is 33.8 Å². The Balaban J connectivity index is 1.49. The Morgan fingerprint density at radius 3 is 2.39 bits per heavy atom. The number of fused-ring (bicyclic) bond motifs is 1. The quantitative estimate of drug-likeness (QED) is 0.127. The van der Waals surface area contributed by atoms with Crippen molar-refractivity contribution in [3.05, 3.63) is 107 Å². The number of aromatic nitrogens is 1. The molecular formula is C46H54FNO6. The number of esters is 1. The highest BCUT2D eigenvalue weighted by molar-refractivity contribution is 5.94. The highest BCUT2D eigenvalue weighted by atomic mass is 19.1. The molecule has 1 fully saturated rings. The minimum Gasteiger partial charge on any atom is -0.493 e. The molecule has 54 heavy (non-hydrogen) atoms. The Morgan fingerprint density at radius 2 is 1.69 bits per heavy atom. The molecule has 0 bridgehead atoms. The molecule has 1 aromatic heterocycles. The molecule has 0 radical (unpaired) electrons. The number of allylic oxidation sites excluding steroid dienone is 1. The van der Waals surface area contributed by atoms with Crippen LogP contribution in [0, 0.1) is 18.7 Å². The molecule has 3 aromatic carbocycles. The van der Waals surface area contributed by atoms with E-state index in [1.165, 1.54) is 12.1 Å². The summed E-state index contributed by atoms with van der Waals surface area (Å²) in [6, 6.07) is 20.9. The van der Waals surface area contributed by atoms with Crippen LogP contribution < -0.4 is 9.47 Å². The zero-order chi connectivity index (χ0) is 38.2. The van der Waals surface area contributed by atoms with E-state index < -0.39 is 17.7 Å². The lowest BCUT2D eigenvalue weighted by molar-refractivity contribution is -0.171. The first-order valence-corrected chi connectivity index (χ1v) is 19.4. The summed E-state index contributed by atoms with van der Waals surface area (Å²) in [5, 5.41) is 0. The Morgan fingerprint density at radius 1 is 0.963 bits per heavy atom. The largest absolute Gasteiger partial charge is 0.493 e. The van der Waals surface area contributed by atoms with Gasteiger partial charge in [-0.1, -0.05) is 36.4 Å². The number of aryl methyl sites for hydroxylation is 2. The Kier molecular flexibility index (Phi) is 12.9. The Bertz CT molecular complexity index is 1910. The molecule has 0 amide bonds. The van der Waals surface area contributed by atoms with Gasteiger partial charge >= 0.3 is 5.97 Å². The molecule has 286 valence electrons. The number of hydrogen-bond acceptors (Lipinski definition) is 7. The van der Waals surface area contributed by atoms with Crippen LogP contribution in [0.2, 0.25) is 0 Å². The number of hydrogen-bond donors (Lipinski definition) is 0. The predicted octanol–water partition coefficient (Wildman–Crippen LogP) is 10.4. The van der Waals surface area contributed by atoms with Crippen molar-refractivity contribution in [2.45, 2.75) is 97.9 Å². The minimum atomic E-state index is -1.03. The van der Waals surface area contributed by atoms with Crippen molar-refractivity contribution in [2.75, 3.05) is 26.4 Å². The van der Waals surface area contributed by atoms with Gasteiger partial charge in [-0.15, -0.1) is 0 Å². The predicted molar refractivity (Wildman–Crippen MR) is 211 cm³/mol. The maximum absolute atomic E-state index is 14.1. The van der Waals surface area contributed by atoms with Crippen molar-refractivity contribution in [1.82, 2.24) is 4.98 Å². The van der Waals surface area contributed by atoms with E-state index in [2.05, 4.69) is 36.4 Å². The Hall–Kier alpha value is -4.53. The van der Waals surface area contributed by atoms with Crippen LogP contribution in [-0.4, -0.2) is 49.1 Å². The summed E-state index contributed by atoms with van der Waals surface area (Å²) in [7, 11) is 0. The van der Waals surface area contributed by atoms with Crippen LogP contribution in [0.1, 0.15) is 94.5 Å². The van der Waals surface area contributed by atoms with E-state index in [0.717, 1.165) is 95.9 Å². The molecule has 0 aliphatic carbocycles. The van der Waals surface area contributed by atoms with Crippen molar-refractivity contribution in [1.29, 1.82) is 0 Å². The number of carbonyl (C=O) groups excluding carboxylic acids is 1. The van der Waals surface area contributed by atoms with Crippen molar-refractivity contribution in [2.24, 2.45) is 5.92 Å². The number of carbonyl (C=O) groups is 1. The molecule has 8 heteroatoms. The second-order valence-electron chi connectivity index (χ2n) is 15.6. The van der Waals surface area contributed by atoms with Crippen LogP contribution in [0.5, 0.6) is 11.5 Å². The molecule has 1 atom stereocenters. The zero-order valence-electron chi connectivity index (χ0n) is 32.6. The molecule has 7 nitrogen and oxygen atoms in total. The number of benzene rings is 3. The smallest absolute Gasteiger partial charge is 0.340 e. The molecular weight excluding hydrogens is 682 g/mol. The van der Waals surface area contributed by atoms with Crippen LogP contribution in [0.15, 0.2) is 72.8 Å². The zero-order valence-corrected chi connectivity index (χ0v) is 32.6. The lowest BCUT2D eigenvalue weighted by Gasteiger charge is -2.31. The summed E-state index contributed by atoms with van der Waals surface area (Å²) in [5.74, 6) is 1.46. The number of pyridine rings is 1. The van der Waals surface area contributed by atoms with Gasteiger partial charge in [-0.2, -0.15) is 0 Å². The number of halogens is 1. The third kappa shape index (κ3) is 10.2. The van der Waals surface area contributed by atoms with Gasteiger partial charge in [0.15, 0.2) is 6.10 Å². The molecule has 1 saturated heterocycles. The standard InChI is InChI=1S/C46H54FNO6/c1-30(2)53-45(49)44(54-46(4,5)6)41-31(3)48-39(11-7-9-32-22-26-50-27-23-32)42(43(41)36-16-21-40-35(29-36)10-8-25-52-40)34-14-19-38(20-15-34)51-28-24-33-12-17-37(47)18-13-33/h7,11-21,29-30,32,44H,8-10,22-28H2,1-6H3/b11-7+/t44-/m0/s1. The average Bonchev–Trinajstić information content (AvgIpc) is 3.14. The molecule has 2 aliphatic rings. The number of nitrogens with zero attached hydrogens (tertiary/aromatic N) is 1. The molecule has 0 saturated carbocycles. The summed E-state index contributed by atoms with van der Waals surface area (Å²) >= 11 is 0. The fourth-order valence-corrected chi connectivity index (χ4v) is 7.17. The summed E-state index contributed by atoms with van der Waals surface area (Å²) < 4.78 is 43.7. The SMILES string of the molecule is Cc1nc(/C=C/CC2CCOCC2)c(-c2ccc(OCCc3ccc(F)cc3)cc2)c(-c2ccc3c(c2)CCCO3)c1[C@H](OC(C)(C)C)C(=O)OC(C)C. The van der Waals surface area contributed by atoms with Gasteiger partial charge in [-0.3, -0.25) is 4.98 Å². The molecule has 2 aliphatic heterocycles. The summed E-state index contributed by atoms with van der Waals surface area (Å²) in [6.45, 7) is 14.2. The summed E-state index contributed by atoms with van der Waals surface area (Å²) in [6.07, 6.45) is 8.49. The first-order valence-electron chi connectivity index (χ1n) is 19.4. The van der Waals surface area contributed by atoms with Crippen LogP contribution in [-0.2, 0) is 31.8 Å². The summed E-state index contributed by atoms with van der Waals surface area (Å²) in [4.78, 5) is 19.3. The van der Waals surface area contributed by atoms with Gasteiger partial charge < -0.3 is 23.7 Å². The lowest BCUT2D eigenvalue weighted by Crippen LogP contribution is -2.31. The van der Waals surface area contributed by atoms with Gasteiger partial charge in [0.2, 0.25) is 0 Å². The molecule has 4 aromatic rings. The van der Waals surface area contributed by atoms with Gasteiger partial charge in [-0.25, -0.2) is 9.18 Å². The van der Waals surface area contributed by atoms with Gasteiger partial charge in [0.05, 0.1) is 30.6 Å². The highest BCUT2D eigenvalue weighted by Crippen LogP contribution is 2.45. The Labute approximate surface area is 319 Å². The van der Waals surface area contributed by atoms with Crippen LogP contribution in [0.25, 0.3) is 28.3 Å². The van der Waals surface area contributed by atoms with E-state index in [-0.39, 0.29) is 11.9 Å². The van der Waals surface area contributed by atoms with Crippen molar-refractivity contribution in [3.63, 3.8) is 0 Å².